The number of sulfonamides is 1. The van der Waals surface area contributed by atoms with Gasteiger partial charge in [0.1, 0.15) is 5.75 Å². The third-order valence-electron chi connectivity index (χ3n) is 4.74. The van der Waals surface area contributed by atoms with Crippen LogP contribution in [0, 0.1) is 26.7 Å². The van der Waals surface area contributed by atoms with E-state index >= 15 is 0 Å². The molecule has 0 aliphatic carbocycles. The normalized spacial score (nSPS) is 15.0. The fraction of sp³-hybridized carbons (Fsp3) is 0.579. The van der Waals surface area contributed by atoms with Crippen molar-refractivity contribution in [3.63, 3.8) is 0 Å². The molecule has 2 atom stereocenters. The minimum absolute atomic E-state index is 0.00390. The van der Waals surface area contributed by atoms with Crippen molar-refractivity contribution in [3.05, 3.63) is 34.9 Å². The Hall–Kier alpha value is -1.42. The van der Waals surface area contributed by atoms with Crippen molar-refractivity contribution in [1.82, 2.24) is 4.72 Å². The van der Waals surface area contributed by atoms with Gasteiger partial charge < -0.3 is 4.74 Å². The highest BCUT2D eigenvalue weighted by Gasteiger charge is 2.26. The molecule has 1 aromatic rings. The van der Waals surface area contributed by atoms with E-state index in [2.05, 4.69) is 8.91 Å². The van der Waals surface area contributed by atoms with Crippen LogP contribution in [0.2, 0.25) is 0 Å². The first kappa shape index (κ1) is 24.6. The summed E-state index contributed by atoms with van der Waals surface area (Å²) in [5, 5.41) is 0. The third kappa shape index (κ3) is 6.58. The number of aryl methyl sites for hydroxylation is 1. The van der Waals surface area contributed by atoms with Gasteiger partial charge in [0.15, 0.2) is 0 Å². The maximum Gasteiger partial charge on any atom is 0.264 e. The molecule has 0 saturated carbocycles. The number of rotatable bonds is 10. The smallest absolute Gasteiger partial charge is 0.264 e. The molecule has 0 aliphatic rings. The molecule has 0 fully saturated rings. The first-order chi connectivity index (χ1) is 12.8. The second-order valence-corrected chi connectivity index (χ2v) is 10.2. The van der Waals surface area contributed by atoms with Gasteiger partial charge in [-0.3, -0.25) is 4.18 Å². The van der Waals surface area contributed by atoms with Crippen molar-refractivity contribution in [3.8, 4) is 5.75 Å². The number of nitrogens with one attached hydrogen (secondary N) is 1. The number of hydrogen-bond acceptors (Lipinski definition) is 6. The topological polar surface area (TPSA) is 98.8 Å². The molecule has 0 spiro atoms. The molecule has 28 heavy (non-hydrogen) atoms. The highest BCUT2D eigenvalue weighted by atomic mass is 32.2. The Morgan fingerprint density at radius 2 is 1.75 bits per heavy atom. The van der Waals surface area contributed by atoms with Crippen LogP contribution in [0.4, 0.5) is 0 Å². The zero-order valence-electron chi connectivity index (χ0n) is 17.6. The zero-order valence-corrected chi connectivity index (χ0v) is 19.2. The molecule has 0 saturated heterocycles. The molecule has 160 valence electrons. The molecule has 1 rings (SSSR count). The Kier molecular flexibility index (Phi) is 8.67. The third-order valence-corrected chi connectivity index (χ3v) is 7.05. The summed E-state index contributed by atoms with van der Waals surface area (Å²) in [6.45, 7) is 9.05. The standard InChI is InChI=1S/C19H31NO6S2/c1-8-13(2)17(10-9-11-26-27(7,21)22)20-28(23,24)19-14(3)12-18(25-6)15(4)16(19)5/h9-10,12-13,17,20H,8,11H2,1-7H3/b10-9-/t13-,17+/m0/s1. The molecule has 0 amide bonds. The average Bonchev–Trinajstić information content (AvgIpc) is 2.58. The van der Waals surface area contributed by atoms with Gasteiger partial charge in [-0.1, -0.05) is 32.4 Å². The summed E-state index contributed by atoms with van der Waals surface area (Å²) in [7, 11) is -5.80. The van der Waals surface area contributed by atoms with Crippen LogP contribution < -0.4 is 9.46 Å². The van der Waals surface area contributed by atoms with Gasteiger partial charge in [0, 0.05) is 6.04 Å². The number of methoxy groups -OCH3 is 1. The molecule has 0 aliphatic heterocycles. The monoisotopic (exact) mass is 433 g/mol. The largest absolute Gasteiger partial charge is 0.496 e. The number of hydrogen-bond donors (Lipinski definition) is 1. The molecule has 0 aromatic heterocycles. The molecular weight excluding hydrogens is 402 g/mol. The Morgan fingerprint density at radius 3 is 2.25 bits per heavy atom. The van der Waals surface area contributed by atoms with Crippen molar-refractivity contribution < 1.29 is 25.8 Å². The van der Waals surface area contributed by atoms with E-state index in [1.54, 1.807) is 33.1 Å². The molecule has 1 aromatic carbocycles. The highest BCUT2D eigenvalue weighted by molar-refractivity contribution is 7.89. The number of ether oxygens (including phenoxy) is 1. The molecule has 1 N–H and O–H groups in total. The predicted octanol–water partition coefficient (Wildman–Crippen LogP) is 2.85. The summed E-state index contributed by atoms with van der Waals surface area (Å²) in [6.07, 6.45) is 4.86. The SMILES string of the molecule is CC[C@H](C)[C@@H](/C=C\COS(C)(=O)=O)NS(=O)(=O)c1c(C)cc(OC)c(C)c1C. The average molecular weight is 434 g/mol. The summed E-state index contributed by atoms with van der Waals surface area (Å²) >= 11 is 0. The maximum absolute atomic E-state index is 13.1. The Labute approximate surface area is 169 Å². The van der Waals surface area contributed by atoms with Gasteiger partial charge in [-0.15, -0.1) is 0 Å². The van der Waals surface area contributed by atoms with Gasteiger partial charge in [0.25, 0.3) is 10.1 Å². The minimum Gasteiger partial charge on any atom is -0.496 e. The van der Waals surface area contributed by atoms with E-state index < -0.39 is 26.2 Å². The van der Waals surface area contributed by atoms with E-state index in [-0.39, 0.29) is 17.4 Å². The van der Waals surface area contributed by atoms with E-state index in [1.807, 2.05) is 20.8 Å². The van der Waals surface area contributed by atoms with Crippen molar-refractivity contribution in [2.45, 2.75) is 52.0 Å². The first-order valence-electron chi connectivity index (χ1n) is 9.02. The molecule has 0 unspecified atom stereocenters. The minimum atomic E-state index is -3.80. The maximum atomic E-state index is 13.1. The molecule has 7 nitrogen and oxygen atoms in total. The van der Waals surface area contributed by atoms with Gasteiger partial charge in [-0.05, 0) is 49.4 Å². The van der Waals surface area contributed by atoms with Crippen LogP contribution in [0.25, 0.3) is 0 Å². The van der Waals surface area contributed by atoms with Gasteiger partial charge >= 0.3 is 0 Å². The molecule has 0 radical (unpaired) electrons. The van der Waals surface area contributed by atoms with Gasteiger partial charge in [0.05, 0.1) is 24.9 Å². The quantitative estimate of drug-likeness (QED) is 0.450. The van der Waals surface area contributed by atoms with E-state index in [0.717, 1.165) is 18.2 Å². The first-order valence-corrected chi connectivity index (χ1v) is 12.3. The molecule has 0 bridgehead atoms. The Balaban J connectivity index is 3.21. The summed E-state index contributed by atoms with van der Waals surface area (Å²) in [5.41, 5.74) is 2.00. The van der Waals surface area contributed by atoms with Gasteiger partial charge in [-0.2, -0.15) is 8.42 Å². The van der Waals surface area contributed by atoms with Crippen molar-refractivity contribution >= 4 is 20.1 Å². The summed E-state index contributed by atoms with van der Waals surface area (Å²) in [4.78, 5) is 0.236. The lowest BCUT2D eigenvalue weighted by Crippen LogP contribution is -2.38. The molecule has 0 heterocycles. The lowest BCUT2D eigenvalue weighted by molar-refractivity contribution is 0.360. The number of benzene rings is 1. The summed E-state index contributed by atoms with van der Waals surface area (Å²) in [6, 6.07) is 1.21. The van der Waals surface area contributed by atoms with Crippen LogP contribution in [0.15, 0.2) is 23.1 Å². The van der Waals surface area contributed by atoms with Crippen LogP contribution in [0.3, 0.4) is 0 Å². The second kappa shape index (κ2) is 9.87. The lowest BCUT2D eigenvalue weighted by Gasteiger charge is -2.23. The molecular formula is C19H31NO6S2. The van der Waals surface area contributed by atoms with E-state index in [9.17, 15) is 16.8 Å². The van der Waals surface area contributed by atoms with Crippen LogP contribution in [-0.2, 0) is 24.3 Å². The van der Waals surface area contributed by atoms with E-state index in [1.165, 1.54) is 6.08 Å². The van der Waals surface area contributed by atoms with Gasteiger partial charge in [0.2, 0.25) is 10.0 Å². The fourth-order valence-corrected chi connectivity index (χ4v) is 5.00. The van der Waals surface area contributed by atoms with E-state index in [4.69, 9.17) is 4.74 Å². The van der Waals surface area contributed by atoms with Crippen LogP contribution in [0.5, 0.6) is 5.75 Å². The van der Waals surface area contributed by atoms with Crippen molar-refractivity contribution in [2.24, 2.45) is 5.92 Å². The fourth-order valence-electron chi connectivity index (χ4n) is 2.85. The van der Waals surface area contributed by atoms with Crippen molar-refractivity contribution in [2.75, 3.05) is 20.0 Å². The Morgan fingerprint density at radius 1 is 1.14 bits per heavy atom. The van der Waals surface area contributed by atoms with Gasteiger partial charge in [-0.25, -0.2) is 13.1 Å². The summed E-state index contributed by atoms with van der Waals surface area (Å²) < 4.78 is 61.1. The zero-order chi connectivity index (χ0) is 21.7. The predicted molar refractivity (Wildman–Crippen MR) is 111 cm³/mol. The molecule has 9 heteroatoms. The van der Waals surface area contributed by atoms with Crippen LogP contribution in [0.1, 0.15) is 37.0 Å². The Bertz CT molecular complexity index is 920. The van der Waals surface area contributed by atoms with E-state index in [0.29, 0.717) is 16.9 Å². The van der Waals surface area contributed by atoms with Crippen LogP contribution >= 0.6 is 0 Å². The second-order valence-electron chi connectivity index (χ2n) is 6.92. The lowest BCUT2D eigenvalue weighted by atomic mass is 10.00. The van der Waals surface area contributed by atoms with Crippen LogP contribution in [-0.4, -0.2) is 42.8 Å². The summed E-state index contributed by atoms with van der Waals surface area (Å²) in [5.74, 6) is 0.648. The highest BCUT2D eigenvalue weighted by Crippen LogP contribution is 2.30. The van der Waals surface area contributed by atoms with Crippen molar-refractivity contribution in [1.29, 1.82) is 0 Å².